The summed E-state index contributed by atoms with van der Waals surface area (Å²) in [6.45, 7) is 3.00. The van der Waals surface area contributed by atoms with Gasteiger partial charge in [-0.25, -0.2) is 0 Å². The molecule has 0 aliphatic heterocycles. The molecule has 0 aromatic carbocycles. The maximum atomic E-state index is 10.5. The van der Waals surface area contributed by atoms with Crippen molar-refractivity contribution in [3.63, 3.8) is 0 Å². The number of rotatable bonds is 1. The average molecular weight is 246 g/mol. The molecule has 0 unspecified atom stereocenters. The van der Waals surface area contributed by atoms with Gasteiger partial charge in [0.25, 0.3) is 5.09 Å². The lowest BCUT2D eigenvalue weighted by Crippen LogP contribution is -2.23. The van der Waals surface area contributed by atoms with Gasteiger partial charge in [-0.2, -0.15) is 9.78 Å². The first-order chi connectivity index (χ1) is 7.68. The number of nitrogens with zero attached hydrogens (tertiary/aromatic N) is 4. The molecule has 1 aromatic rings. The van der Waals surface area contributed by atoms with Crippen LogP contribution >= 0.6 is 0 Å². The molecule has 0 aliphatic rings. The molecule has 0 amide bonds. The second-order valence-electron chi connectivity index (χ2n) is 2.81. The molecule has 4 N–H and O–H groups in total. The molecule has 94 valence electrons. The van der Waals surface area contributed by atoms with Crippen LogP contribution in [-0.2, 0) is 0 Å². The van der Waals surface area contributed by atoms with E-state index in [-0.39, 0.29) is 23.0 Å². The van der Waals surface area contributed by atoms with Gasteiger partial charge in [-0.15, -0.1) is 10.1 Å². The Balaban J connectivity index is 0.000000557. The van der Waals surface area contributed by atoms with Crippen molar-refractivity contribution < 1.29 is 15.2 Å². The molecule has 0 saturated carbocycles. The standard InChI is InChI=1S/C6H9N5O2.HNO3/c1-3-5(11(12)13)4(2)10(9-3)6(7)8;2-1(3)4/h1-2H3,(H3,7,8);(H,2,3,4). The summed E-state index contributed by atoms with van der Waals surface area (Å²) in [5, 5.41) is 35.0. The second-order valence-corrected chi connectivity index (χ2v) is 2.81. The van der Waals surface area contributed by atoms with Crippen LogP contribution < -0.4 is 5.73 Å². The zero-order valence-electron chi connectivity index (χ0n) is 8.95. The van der Waals surface area contributed by atoms with Gasteiger partial charge in [-0.05, 0) is 13.8 Å². The van der Waals surface area contributed by atoms with Crippen LogP contribution in [0.1, 0.15) is 11.4 Å². The summed E-state index contributed by atoms with van der Waals surface area (Å²) in [6.07, 6.45) is 0. The Kier molecular flexibility index (Phi) is 4.53. The molecule has 1 aromatic heterocycles. The van der Waals surface area contributed by atoms with E-state index >= 15 is 0 Å². The molecule has 0 radical (unpaired) electrons. The van der Waals surface area contributed by atoms with Crippen molar-refractivity contribution in [3.8, 4) is 0 Å². The maximum Gasteiger partial charge on any atom is 0.313 e. The number of nitrogen functional groups attached to an aromatic ring is 1. The van der Waals surface area contributed by atoms with Crippen molar-refractivity contribution in [3.05, 3.63) is 31.6 Å². The number of nitro groups is 1. The van der Waals surface area contributed by atoms with Gasteiger partial charge < -0.3 is 10.9 Å². The van der Waals surface area contributed by atoms with Crippen molar-refractivity contribution >= 4 is 11.6 Å². The van der Waals surface area contributed by atoms with Gasteiger partial charge in [0.2, 0.25) is 5.96 Å². The predicted octanol–water partition coefficient (Wildman–Crippen LogP) is -0.198. The van der Waals surface area contributed by atoms with Gasteiger partial charge >= 0.3 is 5.69 Å². The van der Waals surface area contributed by atoms with Gasteiger partial charge in [-0.1, -0.05) is 0 Å². The monoisotopic (exact) mass is 246 g/mol. The molecule has 1 rings (SSSR count). The van der Waals surface area contributed by atoms with Crippen molar-refractivity contribution in [2.75, 3.05) is 0 Å². The van der Waals surface area contributed by atoms with Crippen LogP contribution in [0.5, 0.6) is 0 Å². The first-order valence-electron chi connectivity index (χ1n) is 4.06. The summed E-state index contributed by atoms with van der Waals surface area (Å²) in [5.74, 6) is -0.325. The summed E-state index contributed by atoms with van der Waals surface area (Å²) in [6, 6.07) is 0. The molecule has 0 spiro atoms. The van der Waals surface area contributed by atoms with E-state index in [2.05, 4.69) is 5.10 Å². The second kappa shape index (κ2) is 5.39. The Morgan fingerprint density at radius 2 is 1.88 bits per heavy atom. The van der Waals surface area contributed by atoms with Crippen LogP contribution in [-0.4, -0.2) is 31.0 Å². The zero-order valence-corrected chi connectivity index (χ0v) is 8.95. The van der Waals surface area contributed by atoms with E-state index in [4.69, 9.17) is 26.5 Å². The third-order valence-electron chi connectivity index (χ3n) is 1.66. The van der Waals surface area contributed by atoms with Crippen LogP contribution in [0.4, 0.5) is 5.69 Å². The average Bonchev–Trinajstić information content (AvgIpc) is 2.40. The van der Waals surface area contributed by atoms with E-state index in [1.165, 1.54) is 13.8 Å². The summed E-state index contributed by atoms with van der Waals surface area (Å²) >= 11 is 0. The number of nitrogens with one attached hydrogen (secondary N) is 1. The zero-order chi connectivity index (χ0) is 13.7. The molecule has 0 aliphatic carbocycles. The van der Waals surface area contributed by atoms with Crippen LogP contribution in [0.3, 0.4) is 0 Å². The van der Waals surface area contributed by atoms with Crippen LogP contribution in [0, 0.1) is 39.5 Å². The highest BCUT2D eigenvalue weighted by molar-refractivity contribution is 5.78. The molecule has 0 saturated heterocycles. The van der Waals surface area contributed by atoms with Crippen LogP contribution in [0.25, 0.3) is 0 Å². The molecule has 0 bridgehead atoms. The summed E-state index contributed by atoms with van der Waals surface area (Å²) in [7, 11) is 0. The van der Waals surface area contributed by atoms with Crippen LogP contribution in [0.15, 0.2) is 0 Å². The Bertz CT molecular complexity index is 462. The van der Waals surface area contributed by atoms with E-state index in [0.717, 1.165) is 4.68 Å². The smallest absolute Gasteiger partial charge is 0.313 e. The van der Waals surface area contributed by atoms with Crippen molar-refractivity contribution in [1.29, 1.82) is 5.41 Å². The summed E-state index contributed by atoms with van der Waals surface area (Å²) < 4.78 is 1.04. The molecule has 11 nitrogen and oxygen atoms in total. The van der Waals surface area contributed by atoms with Crippen molar-refractivity contribution in [1.82, 2.24) is 9.78 Å². The van der Waals surface area contributed by atoms with Gasteiger partial charge in [-0.3, -0.25) is 15.5 Å². The highest BCUT2D eigenvalue weighted by Crippen LogP contribution is 2.20. The van der Waals surface area contributed by atoms with E-state index in [9.17, 15) is 10.1 Å². The molecular formula is C6H10N6O5. The van der Waals surface area contributed by atoms with Gasteiger partial charge in [0, 0.05) is 0 Å². The SMILES string of the molecule is Cc1nn(C(=N)N)c(C)c1[N+](=O)[O-].O=[N+]([O-])O. The summed E-state index contributed by atoms with van der Waals surface area (Å²) in [4.78, 5) is 18.3. The predicted molar refractivity (Wildman–Crippen MR) is 54.4 cm³/mol. The molecule has 11 heteroatoms. The molecule has 0 fully saturated rings. The number of hydrogen-bond donors (Lipinski definition) is 3. The lowest BCUT2D eigenvalue weighted by Gasteiger charge is -1.97. The fourth-order valence-corrected chi connectivity index (χ4v) is 1.13. The highest BCUT2D eigenvalue weighted by Gasteiger charge is 2.22. The quantitative estimate of drug-likeness (QED) is 0.266. The van der Waals surface area contributed by atoms with E-state index in [1.807, 2.05) is 0 Å². The topological polar surface area (TPSA) is 174 Å². The number of aryl methyl sites for hydroxylation is 1. The highest BCUT2D eigenvalue weighted by atomic mass is 16.9. The number of hydrogen-bond acceptors (Lipinski definition) is 6. The normalized spacial score (nSPS) is 9.06. The summed E-state index contributed by atoms with van der Waals surface area (Å²) in [5.41, 5.74) is 5.61. The third-order valence-corrected chi connectivity index (χ3v) is 1.66. The van der Waals surface area contributed by atoms with E-state index in [0.29, 0.717) is 0 Å². The lowest BCUT2D eigenvalue weighted by atomic mass is 10.3. The fraction of sp³-hybridized carbons (Fsp3) is 0.333. The Morgan fingerprint density at radius 1 is 1.47 bits per heavy atom. The van der Waals surface area contributed by atoms with Crippen molar-refractivity contribution in [2.45, 2.75) is 13.8 Å². The Labute approximate surface area is 94.2 Å². The molecule has 1 heterocycles. The lowest BCUT2D eigenvalue weighted by molar-refractivity contribution is -0.742. The molecule has 17 heavy (non-hydrogen) atoms. The first-order valence-corrected chi connectivity index (χ1v) is 4.06. The number of aromatic nitrogens is 2. The minimum Gasteiger partial charge on any atom is -0.368 e. The maximum absolute atomic E-state index is 10.5. The number of nitrogens with two attached hydrogens (primary N) is 1. The third kappa shape index (κ3) is 3.73. The van der Waals surface area contributed by atoms with Gasteiger partial charge in [0.1, 0.15) is 11.4 Å². The minimum absolute atomic E-state index is 0.0878. The molecule has 0 atom stereocenters. The Morgan fingerprint density at radius 3 is 2.06 bits per heavy atom. The Hall–Kier alpha value is -2.72. The van der Waals surface area contributed by atoms with E-state index in [1.54, 1.807) is 0 Å². The van der Waals surface area contributed by atoms with Gasteiger partial charge in [0.05, 0.1) is 4.92 Å². The van der Waals surface area contributed by atoms with E-state index < -0.39 is 10.0 Å². The first kappa shape index (κ1) is 14.3. The molecular weight excluding hydrogens is 236 g/mol. The largest absolute Gasteiger partial charge is 0.368 e. The van der Waals surface area contributed by atoms with Crippen molar-refractivity contribution in [2.24, 2.45) is 5.73 Å². The minimum atomic E-state index is -1.50. The fourth-order valence-electron chi connectivity index (χ4n) is 1.13. The van der Waals surface area contributed by atoms with Gasteiger partial charge in [0.15, 0.2) is 0 Å². The van der Waals surface area contributed by atoms with Crippen LogP contribution in [0.2, 0.25) is 0 Å².